The average molecular weight is 130 g/mol. The molecule has 0 aliphatic rings. The number of hydrogen-bond acceptors (Lipinski definition) is 1. The molecule has 0 spiro atoms. The molecule has 0 aliphatic heterocycles. The molecule has 0 saturated heterocycles. The minimum absolute atomic E-state index is 0.611. The molecule has 0 atom stereocenters. The number of unbranched alkanes of at least 4 members (excludes halogenated alkanes) is 3. The van der Waals surface area contributed by atoms with Gasteiger partial charge in [0.15, 0.2) is 0 Å². The molecular formula is C6H15AlO. The van der Waals surface area contributed by atoms with E-state index < -0.39 is 0 Å². The fourth-order valence-corrected chi connectivity index (χ4v) is 0.500. The Morgan fingerprint density at radius 2 is 1.25 bits per heavy atom. The Balaban J connectivity index is 0. The molecule has 0 aromatic carbocycles. The van der Waals surface area contributed by atoms with Gasteiger partial charge in [-0.25, -0.2) is 0 Å². The van der Waals surface area contributed by atoms with Gasteiger partial charge in [-0.2, -0.15) is 0 Å². The van der Waals surface area contributed by atoms with Crippen LogP contribution in [0, 0.1) is 0 Å². The molecule has 0 amide bonds. The van der Waals surface area contributed by atoms with E-state index in [1.807, 2.05) is 0 Å². The molecule has 0 heterocycles. The number of rotatable bonds is 3. The van der Waals surface area contributed by atoms with Crippen LogP contribution in [0.1, 0.15) is 39.5 Å². The Bertz CT molecular complexity index is 27.7. The van der Waals surface area contributed by atoms with Crippen molar-refractivity contribution in [3.05, 3.63) is 0 Å². The van der Waals surface area contributed by atoms with Crippen LogP contribution in [0.3, 0.4) is 0 Å². The number of hydrogen-bond donors (Lipinski definition) is 0. The van der Waals surface area contributed by atoms with Crippen LogP contribution in [0.4, 0.5) is 0 Å². The predicted octanol–water partition coefficient (Wildman–Crippen LogP) is 1.82. The normalized spacial score (nSPS) is 7.12. The molecule has 0 radical (unpaired) electrons. The average Bonchev–Trinajstić information content (AvgIpc) is 1.88. The van der Waals surface area contributed by atoms with E-state index in [9.17, 15) is 0 Å². The Hall–Kier alpha value is 0.332. The van der Waals surface area contributed by atoms with E-state index in [1.54, 1.807) is 0 Å². The zero-order chi connectivity index (χ0) is 6.83. The van der Waals surface area contributed by atoms with Gasteiger partial charge in [0.1, 0.15) is 0 Å². The van der Waals surface area contributed by atoms with Gasteiger partial charge in [-0.1, -0.05) is 39.5 Å². The van der Waals surface area contributed by atoms with Gasteiger partial charge in [0.25, 0.3) is 0 Å². The fraction of sp³-hybridized carbons (Fsp3) is 1.00. The quantitative estimate of drug-likeness (QED) is 0.420. The second kappa shape index (κ2) is 15.7. The van der Waals surface area contributed by atoms with Gasteiger partial charge in [0.05, 0.1) is 0 Å². The molecule has 0 saturated carbocycles. The Morgan fingerprint density at radius 1 is 1.00 bits per heavy atom. The molecule has 0 bridgehead atoms. The van der Waals surface area contributed by atoms with Crippen molar-refractivity contribution in [2.75, 3.05) is 0 Å². The summed E-state index contributed by atoms with van der Waals surface area (Å²) in [4.78, 5) is 0. The van der Waals surface area contributed by atoms with Crippen molar-refractivity contribution in [3.8, 4) is 0 Å². The van der Waals surface area contributed by atoms with E-state index in [-0.39, 0.29) is 0 Å². The molecule has 2 heteroatoms. The van der Waals surface area contributed by atoms with Gasteiger partial charge in [-0.3, -0.25) is 0 Å². The summed E-state index contributed by atoms with van der Waals surface area (Å²) in [6, 6.07) is 0. The summed E-state index contributed by atoms with van der Waals surface area (Å²) < 4.78 is 8.28. The van der Waals surface area contributed by atoms with Crippen LogP contribution in [0.25, 0.3) is 0 Å². The van der Waals surface area contributed by atoms with Gasteiger partial charge in [0.2, 0.25) is 0 Å². The second-order valence-corrected chi connectivity index (χ2v) is 1.71. The molecule has 8 heavy (non-hydrogen) atoms. The first-order valence-electron chi connectivity index (χ1n) is 3.20. The van der Waals surface area contributed by atoms with Gasteiger partial charge >= 0.3 is 20.0 Å². The second-order valence-electron chi connectivity index (χ2n) is 1.71. The van der Waals surface area contributed by atoms with Crippen molar-refractivity contribution in [2.24, 2.45) is 0 Å². The minimum atomic E-state index is 0.611. The van der Waals surface area contributed by atoms with Crippen LogP contribution in [0.5, 0.6) is 0 Å². The maximum atomic E-state index is 8.28. The van der Waals surface area contributed by atoms with Crippen LogP contribution < -0.4 is 0 Å². The van der Waals surface area contributed by atoms with Gasteiger partial charge in [-0.05, 0) is 0 Å². The zero-order valence-electron chi connectivity index (χ0n) is 5.94. The van der Waals surface area contributed by atoms with Crippen LogP contribution >= 0.6 is 0 Å². The molecule has 0 unspecified atom stereocenters. The topological polar surface area (TPSA) is 17.1 Å². The third-order valence-electron chi connectivity index (χ3n) is 0.957. The van der Waals surface area contributed by atoms with Crippen molar-refractivity contribution >= 4 is 16.2 Å². The first-order chi connectivity index (χ1) is 3.91. The third-order valence-corrected chi connectivity index (χ3v) is 0.957. The molecule has 1 nitrogen and oxygen atoms in total. The van der Waals surface area contributed by atoms with Crippen LogP contribution in [0.2, 0.25) is 0 Å². The Kier molecular flexibility index (Phi) is 21.9. The van der Waals surface area contributed by atoms with E-state index in [0.717, 1.165) is 0 Å². The van der Waals surface area contributed by atoms with Crippen molar-refractivity contribution < 1.29 is 3.80 Å². The van der Waals surface area contributed by atoms with Crippen LogP contribution in [0.15, 0.2) is 0 Å². The van der Waals surface area contributed by atoms with Crippen LogP contribution in [-0.2, 0) is 3.80 Å². The Labute approximate surface area is 60.1 Å². The Morgan fingerprint density at radius 3 is 1.38 bits per heavy atom. The molecule has 48 valence electrons. The molecular weight excluding hydrogens is 115 g/mol. The summed E-state index contributed by atoms with van der Waals surface area (Å²) in [5.41, 5.74) is 0. The van der Waals surface area contributed by atoms with Gasteiger partial charge in [-0.15, -0.1) is 0 Å². The van der Waals surface area contributed by atoms with Crippen molar-refractivity contribution in [1.29, 1.82) is 0 Å². The summed E-state index contributed by atoms with van der Waals surface area (Å²) in [6.45, 7) is 4.46. The van der Waals surface area contributed by atoms with Crippen LogP contribution in [-0.4, -0.2) is 16.2 Å². The summed E-state index contributed by atoms with van der Waals surface area (Å²) in [6.07, 6.45) is 5.54. The van der Waals surface area contributed by atoms with Crippen molar-refractivity contribution in [1.82, 2.24) is 0 Å². The van der Waals surface area contributed by atoms with Crippen molar-refractivity contribution in [3.63, 3.8) is 0 Å². The van der Waals surface area contributed by atoms with E-state index in [2.05, 4.69) is 13.8 Å². The SMILES string of the molecule is CCCCCC.[O]=[AlH]. The van der Waals surface area contributed by atoms with Gasteiger partial charge in [0, 0.05) is 0 Å². The standard InChI is InChI=1S/C6H14.Al.O.H/c1-3-5-6-4-2;;;/h3-6H2,1-2H3;;;. The molecule has 0 rings (SSSR count). The molecule has 0 N–H and O–H groups in total. The summed E-state index contributed by atoms with van der Waals surface area (Å²) in [5, 5.41) is 0. The predicted molar refractivity (Wildman–Crippen MR) is 37.7 cm³/mol. The molecule has 0 aliphatic carbocycles. The first kappa shape index (κ1) is 11.2. The van der Waals surface area contributed by atoms with Crippen molar-refractivity contribution in [2.45, 2.75) is 39.5 Å². The zero-order valence-corrected chi connectivity index (χ0v) is 7.36. The summed E-state index contributed by atoms with van der Waals surface area (Å²) in [7, 11) is 0. The van der Waals surface area contributed by atoms with E-state index in [4.69, 9.17) is 3.80 Å². The van der Waals surface area contributed by atoms with Gasteiger partial charge < -0.3 is 0 Å². The maximum absolute atomic E-state index is 8.28. The third kappa shape index (κ3) is 16.2. The van der Waals surface area contributed by atoms with E-state index >= 15 is 0 Å². The van der Waals surface area contributed by atoms with E-state index in [0.29, 0.717) is 16.2 Å². The molecule has 0 aromatic heterocycles. The first-order valence-corrected chi connectivity index (χ1v) is 3.78. The molecule has 0 fully saturated rings. The fourth-order valence-electron chi connectivity index (χ4n) is 0.500. The summed E-state index contributed by atoms with van der Waals surface area (Å²) in [5.74, 6) is 0. The van der Waals surface area contributed by atoms with E-state index in [1.165, 1.54) is 25.7 Å². The monoisotopic (exact) mass is 130 g/mol. The summed E-state index contributed by atoms with van der Waals surface area (Å²) >= 11 is 0.611. The molecule has 0 aromatic rings.